The van der Waals surface area contributed by atoms with Crippen LogP contribution in [0.15, 0.2) is 42.5 Å². The topological polar surface area (TPSA) is 67.9 Å². The van der Waals surface area contributed by atoms with E-state index < -0.39 is 0 Å². The van der Waals surface area contributed by atoms with Crippen molar-refractivity contribution in [3.8, 4) is 11.5 Å². The SMILES string of the molecule is O=C1CN(C(=O)C2CC2c2ccc3c(c2)OCCO3)c2ccccc2N1. The van der Waals surface area contributed by atoms with Gasteiger partial charge in [-0.1, -0.05) is 18.2 Å². The first-order chi connectivity index (χ1) is 12.7. The Hall–Kier alpha value is -3.02. The van der Waals surface area contributed by atoms with Gasteiger partial charge in [0.1, 0.15) is 19.8 Å². The van der Waals surface area contributed by atoms with E-state index >= 15 is 0 Å². The number of fused-ring (bicyclic) bond motifs is 2. The van der Waals surface area contributed by atoms with Crippen molar-refractivity contribution in [1.29, 1.82) is 0 Å². The van der Waals surface area contributed by atoms with Crippen molar-refractivity contribution < 1.29 is 19.1 Å². The van der Waals surface area contributed by atoms with E-state index in [4.69, 9.17) is 9.47 Å². The Morgan fingerprint density at radius 3 is 2.77 bits per heavy atom. The fourth-order valence-corrected chi connectivity index (χ4v) is 3.76. The molecule has 2 aliphatic heterocycles. The highest BCUT2D eigenvalue weighted by Crippen LogP contribution is 2.51. The molecule has 3 aliphatic rings. The van der Waals surface area contributed by atoms with Gasteiger partial charge in [0.15, 0.2) is 11.5 Å². The summed E-state index contributed by atoms with van der Waals surface area (Å²) in [5, 5.41) is 2.82. The molecular formula is C20H18N2O4. The van der Waals surface area contributed by atoms with Crippen molar-refractivity contribution in [3.63, 3.8) is 0 Å². The van der Waals surface area contributed by atoms with Crippen LogP contribution in [0, 0.1) is 5.92 Å². The van der Waals surface area contributed by atoms with Crippen LogP contribution in [0.3, 0.4) is 0 Å². The molecule has 0 spiro atoms. The average Bonchev–Trinajstić information content (AvgIpc) is 3.47. The lowest BCUT2D eigenvalue weighted by Crippen LogP contribution is -2.43. The predicted molar refractivity (Wildman–Crippen MR) is 95.7 cm³/mol. The molecule has 26 heavy (non-hydrogen) atoms. The minimum absolute atomic E-state index is 0.00666. The van der Waals surface area contributed by atoms with E-state index in [1.54, 1.807) is 4.90 Å². The summed E-state index contributed by atoms with van der Waals surface area (Å²) in [6.07, 6.45) is 0.790. The third kappa shape index (κ3) is 2.49. The molecule has 2 atom stereocenters. The molecule has 0 aromatic heterocycles. The van der Waals surface area contributed by atoms with Gasteiger partial charge in [-0.25, -0.2) is 0 Å². The number of carbonyl (C=O) groups is 2. The molecule has 2 heterocycles. The number of nitrogens with zero attached hydrogens (tertiary/aromatic N) is 1. The second-order valence-electron chi connectivity index (χ2n) is 6.84. The molecule has 1 saturated carbocycles. The normalized spacial score (nSPS) is 23.1. The van der Waals surface area contributed by atoms with E-state index in [1.807, 2.05) is 42.5 Å². The summed E-state index contributed by atoms with van der Waals surface area (Å²) < 4.78 is 11.2. The van der Waals surface area contributed by atoms with Crippen LogP contribution < -0.4 is 19.7 Å². The smallest absolute Gasteiger partial charge is 0.244 e. The van der Waals surface area contributed by atoms with E-state index in [-0.39, 0.29) is 30.2 Å². The molecule has 2 unspecified atom stereocenters. The Kier molecular flexibility index (Phi) is 3.38. The highest BCUT2D eigenvalue weighted by Gasteiger charge is 2.47. The van der Waals surface area contributed by atoms with Crippen molar-refractivity contribution in [3.05, 3.63) is 48.0 Å². The molecule has 2 aromatic rings. The quantitative estimate of drug-likeness (QED) is 0.904. The number of benzene rings is 2. The molecule has 1 fully saturated rings. The summed E-state index contributed by atoms with van der Waals surface area (Å²) in [7, 11) is 0. The largest absolute Gasteiger partial charge is 0.486 e. The number of para-hydroxylation sites is 2. The first-order valence-electron chi connectivity index (χ1n) is 8.80. The minimum Gasteiger partial charge on any atom is -0.486 e. The number of rotatable bonds is 2. The Morgan fingerprint density at radius 2 is 1.88 bits per heavy atom. The first-order valence-corrected chi connectivity index (χ1v) is 8.80. The van der Waals surface area contributed by atoms with E-state index in [9.17, 15) is 9.59 Å². The van der Waals surface area contributed by atoms with Crippen molar-refractivity contribution in [1.82, 2.24) is 0 Å². The minimum atomic E-state index is -0.159. The van der Waals surface area contributed by atoms with Crippen LogP contribution in [0.1, 0.15) is 17.9 Å². The highest BCUT2D eigenvalue weighted by molar-refractivity contribution is 6.11. The Labute approximate surface area is 150 Å². The lowest BCUT2D eigenvalue weighted by Gasteiger charge is -2.29. The lowest BCUT2D eigenvalue weighted by molar-refractivity contribution is -0.122. The standard InChI is InChI=1S/C20H18N2O4/c23-19-11-22(16-4-2-1-3-15(16)21-19)20(24)14-10-13(14)12-5-6-17-18(9-12)26-8-7-25-17/h1-6,9,13-14H,7-8,10-11H2,(H,21,23). The average molecular weight is 350 g/mol. The zero-order chi connectivity index (χ0) is 17.7. The van der Waals surface area contributed by atoms with E-state index in [2.05, 4.69) is 5.32 Å². The zero-order valence-electron chi connectivity index (χ0n) is 14.1. The summed E-state index contributed by atoms with van der Waals surface area (Å²) in [5.41, 5.74) is 2.54. The molecule has 5 rings (SSSR count). The van der Waals surface area contributed by atoms with Crippen molar-refractivity contribution in [2.24, 2.45) is 5.92 Å². The zero-order valence-corrected chi connectivity index (χ0v) is 14.1. The van der Waals surface area contributed by atoms with Crippen LogP contribution in [-0.2, 0) is 9.59 Å². The maximum Gasteiger partial charge on any atom is 0.244 e. The van der Waals surface area contributed by atoms with Gasteiger partial charge in [0.2, 0.25) is 11.8 Å². The molecule has 0 saturated heterocycles. The Bertz CT molecular complexity index is 910. The van der Waals surface area contributed by atoms with Crippen LogP contribution in [0.2, 0.25) is 0 Å². The number of amides is 2. The van der Waals surface area contributed by atoms with Gasteiger partial charge in [-0.3, -0.25) is 9.59 Å². The lowest BCUT2D eigenvalue weighted by atomic mass is 10.1. The summed E-state index contributed by atoms with van der Waals surface area (Å²) in [6, 6.07) is 13.3. The van der Waals surface area contributed by atoms with Gasteiger partial charge < -0.3 is 19.7 Å². The van der Waals surface area contributed by atoms with E-state index in [1.165, 1.54) is 0 Å². The van der Waals surface area contributed by atoms with Crippen LogP contribution in [0.5, 0.6) is 11.5 Å². The van der Waals surface area contributed by atoms with Gasteiger partial charge in [-0.15, -0.1) is 0 Å². The van der Waals surface area contributed by atoms with Gasteiger partial charge in [0, 0.05) is 5.92 Å². The van der Waals surface area contributed by atoms with Crippen LogP contribution in [0.4, 0.5) is 11.4 Å². The summed E-state index contributed by atoms with van der Waals surface area (Å²) in [4.78, 5) is 26.6. The second kappa shape index (κ2) is 5.76. The molecule has 2 aromatic carbocycles. The molecule has 1 aliphatic carbocycles. The van der Waals surface area contributed by atoms with Crippen molar-refractivity contribution in [2.75, 3.05) is 30.0 Å². The fraction of sp³-hybridized carbons (Fsp3) is 0.300. The van der Waals surface area contributed by atoms with Crippen LogP contribution in [-0.4, -0.2) is 31.6 Å². The van der Waals surface area contributed by atoms with Crippen LogP contribution in [0.25, 0.3) is 0 Å². The molecule has 0 radical (unpaired) electrons. The van der Waals surface area contributed by atoms with Gasteiger partial charge >= 0.3 is 0 Å². The molecule has 6 nitrogen and oxygen atoms in total. The number of ether oxygens (including phenoxy) is 2. The Morgan fingerprint density at radius 1 is 1.08 bits per heavy atom. The van der Waals surface area contributed by atoms with E-state index in [0.29, 0.717) is 18.9 Å². The molecule has 132 valence electrons. The maximum atomic E-state index is 13.0. The number of nitrogens with one attached hydrogen (secondary N) is 1. The molecule has 2 amide bonds. The molecule has 1 N–H and O–H groups in total. The molecular weight excluding hydrogens is 332 g/mol. The van der Waals surface area contributed by atoms with Crippen LogP contribution >= 0.6 is 0 Å². The maximum absolute atomic E-state index is 13.0. The highest BCUT2D eigenvalue weighted by atomic mass is 16.6. The predicted octanol–water partition coefficient (Wildman–Crippen LogP) is 2.55. The van der Waals surface area contributed by atoms with Crippen molar-refractivity contribution >= 4 is 23.2 Å². The van der Waals surface area contributed by atoms with Gasteiger partial charge in [-0.05, 0) is 42.2 Å². The number of hydrogen-bond donors (Lipinski definition) is 1. The monoisotopic (exact) mass is 350 g/mol. The van der Waals surface area contributed by atoms with Gasteiger partial charge in [-0.2, -0.15) is 0 Å². The fourth-order valence-electron chi connectivity index (χ4n) is 3.76. The molecule has 0 bridgehead atoms. The number of hydrogen-bond acceptors (Lipinski definition) is 4. The second-order valence-corrected chi connectivity index (χ2v) is 6.84. The summed E-state index contributed by atoms with van der Waals surface area (Å²) in [5.74, 6) is 1.41. The first kappa shape index (κ1) is 15.3. The summed E-state index contributed by atoms with van der Waals surface area (Å²) >= 11 is 0. The molecule has 6 heteroatoms. The number of carbonyl (C=O) groups excluding carboxylic acids is 2. The van der Waals surface area contributed by atoms with Gasteiger partial charge in [0.05, 0.1) is 11.4 Å². The number of anilines is 2. The van der Waals surface area contributed by atoms with Gasteiger partial charge in [0.25, 0.3) is 0 Å². The van der Waals surface area contributed by atoms with E-state index in [0.717, 1.165) is 29.2 Å². The third-order valence-corrected chi connectivity index (χ3v) is 5.14. The van der Waals surface area contributed by atoms with Crippen molar-refractivity contribution in [2.45, 2.75) is 12.3 Å². The Balaban J connectivity index is 1.38. The third-order valence-electron chi connectivity index (χ3n) is 5.14. The summed E-state index contributed by atoms with van der Waals surface area (Å²) in [6.45, 7) is 1.18.